The van der Waals surface area contributed by atoms with E-state index in [2.05, 4.69) is 15.3 Å². The number of nitrogens with two attached hydrogens (primary N) is 3. The van der Waals surface area contributed by atoms with Gasteiger partial charge in [-0.1, -0.05) is 18.2 Å². The predicted octanol–water partition coefficient (Wildman–Crippen LogP) is 0.269. The number of hydrogen-bond acceptors (Lipinski definition) is 8. The van der Waals surface area contributed by atoms with E-state index in [0.717, 1.165) is 0 Å². The molecule has 170 valence electrons. The van der Waals surface area contributed by atoms with E-state index >= 15 is 0 Å². The summed E-state index contributed by atoms with van der Waals surface area (Å²) in [5.41, 5.74) is 12.9. The van der Waals surface area contributed by atoms with Crippen molar-refractivity contribution in [2.24, 2.45) is 10.9 Å². The van der Waals surface area contributed by atoms with Crippen LogP contribution in [0.5, 0.6) is 0 Å². The second-order valence-electron chi connectivity index (χ2n) is 7.59. The van der Waals surface area contributed by atoms with Gasteiger partial charge in [0.15, 0.2) is 15.8 Å². The van der Waals surface area contributed by atoms with Crippen LogP contribution in [0.4, 0.5) is 5.95 Å². The smallest absolute Gasteiger partial charge is 0.240 e. The number of nitrogens with one attached hydrogen (secondary N) is 3. The monoisotopic (exact) mass is 477 g/mol. The molecule has 3 aromatic rings. The van der Waals surface area contributed by atoms with Crippen LogP contribution in [-0.4, -0.2) is 51.0 Å². The fourth-order valence-electron chi connectivity index (χ4n) is 4.12. The first-order valence-corrected chi connectivity index (χ1v) is 12.8. The van der Waals surface area contributed by atoms with Crippen LogP contribution >= 0.6 is 0 Å². The number of amidine groups is 1. The summed E-state index contributed by atoms with van der Waals surface area (Å²) in [5.74, 6) is -0.486. The number of H-pyrrole nitrogens is 1. The molecule has 0 atom stereocenters. The largest absolute Gasteiger partial charge is 0.384 e. The molecule has 1 saturated heterocycles. The number of benzene rings is 2. The topological polar surface area (TPSA) is 211 Å². The summed E-state index contributed by atoms with van der Waals surface area (Å²) in [4.78, 5) is 5.98. The Bertz CT molecular complexity index is 1440. The molecule has 0 bridgehead atoms. The number of nitrogen functional groups attached to an aromatic ring is 2. The van der Waals surface area contributed by atoms with Crippen molar-refractivity contribution in [3.8, 4) is 11.1 Å². The fraction of sp³-hybridized carbons (Fsp3) is 0.263. The third-order valence-corrected chi connectivity index (χ3v) is 8.95. The molecule has 1 aliphatic rings. The zero-order chi connectivity index (χ0) is 23.3. The second-order valence-corrected chi connectivity index (χ2v) is 11.3. The zero-order valence-corrected chi connectivity index (χ0v) is 18.6. The first kappa shape index (κ1) is 22.2. The predicted molar refractivity (Wildman–Crippen MR) is 121 cm³/mol. The molecule has 11 nitrogen and oxygen atoms in total. The molecule has 0 unspecified atom stereocenters. The minimum absolute atomic E-state index is 0.147. The SMILES string of the molecule is N=C(N)c1c(-c2cccc3[nH]c(N)nc23)ccc(S(=O)(=O)C2CCNCC2)c1S(N)(=O)=O. The first-order chi connectivity index (χ1) is 15.0. The molecule has 9 N–H and O–H groups in total. The quantitative estimate of drug-likeness (QED) is 0.221. The number of para-hydroxylation sites is 1. The molecule has 13 heteroatoms. The van der Waals surface area contributed by atoms with Crippen molar-refractivity contribution in [2.75, 3.05) is 18.8 Å². The minimum atomic E-state index is -4.58. The summed E-state index contributed by atoms with van der Waals surface area (Å²) in [6.07, 6.45) is 0.658. The standard InChI is InChI=1S/C19H23N7O4S2/c20-18(21)15-11(12-2-1-3-13-16(12)26-19(22)25-13)4-5-14(17(15)32(23,29)30)31(27,28)10-6-8-24-9-7-10/h1-5,10,24H,6-9H2,(H3,20,21)(H3,22,25,26)(H2,23,29,30). The molecule has 0 amide bonds. The number of aromatic amines is 1. The minimum Gasteiger partial charge on any atom is -0.384 e. The van der Waals surface area contributed by atoms with Crippen LogP contribution in [0.25, 0.3) is 22.2 Å². The van der Waals surface area contributed by atoms with E-state index < -0.39 is 40.7 Å². The van der Waals surface area contributed by atoms with Crippen molar-refractivity contribution in [3.63, 3.8) is 0 Å². The van der Waals surface area contributed by atoms with Crippen LogP contribution in [0.1, 0.15) is 18.4 Å². The first-order valence-electron chi connectivity index (χ1n) is 9.75. The normalized spacial score (nSPS) is 15.8. The molecule has 0 radical (unpaired) electrons. The average Bonchev–Trinajstić information content (AvgIpc) is 3.12. The lowest BCUT2D eigenvalue weighted by molar-refractivity contribution is 0.495. The van der Waals surface area contributed by atoms with Crippen molar-refractivity contribution >= 4 is 42.7 Å². The number of rotatable bonds is 5. The Hall–Kier alpha value is -3.00. The Kier molecular flexibility index (Phi) is 5.45. The van der Waals surface area contributed by atoms with E-state index in [0.29, 0.717) is 42.5 Å². The summed E-state index contributed by atoms with van der Waals surface area (Å²) in [6, 6.07) is 7.71. The number of primary sulfonamides is 1. The van der Waals surface area contributed by atoms with E-state index in [-0.39, 0.29) is 17.1 Å². The van der Waals surface area contributed by atoms with Gasteiger partial charge in [0.05, 0.1) is 21.2 Å². The van der Waals surface area contributed by atoms with Crippen LogP contribution in [0.15, 0.2) is 40.1 Å². The lowest BCUT2D eigenvalue weighted by Crippen LogP contribution is -2.36. The Balaban J connectivity index is 2.06. The zero-order valence-electron chi connectivity index (χ0n) is 16.9. The molecule has 1 fully saturated rings. The summed E-state index contributed by atoms with van der Waals surface area (Å²) >= 11 is 0. The van der Waals surface area contributed by atoms with Gasteiger partial charge in [-0.15, -0.1) is 0 Å². The molecule has 32 heavy (non-hydrogen) atoms. The van der Waals surface area contributed by atoms with Crippen LogP contribution in [0, 0.1) is 5.41 Å². The van der Waals surface area contributed by atoms with Gasteiger partial charge < -0.3 is 21.8 Å². The van der Waals surface area contributed by atoms with Gasteiger partial charge in [-0.25, -0.2) is 27.0 Å². The van der Waals surface area contributed by atoms with Gasteiger partial charge >= 0.3 is 0 Å². The molecule has 0 saturated carbocycles. The molecule has 1 aromatic heterocycles. The Morgan fingerprint density at radius 1 is 1.06 bits per heavy atom. The fourth-order valence-corrected chi connectivity index (χ4v) is 7.50. The van der Waals surface area contributed by atoms with Crippen molar-refractivity contribution in [3.05, 3.63) is 35.9 Å². The van der Waals surface area contributed by atoms with E-state index in [9.17, 15) is 16.8 Å². The van der Waals surface area contributed by atoms with Crippen LogP contribution in [0.2, 0.25) is 0 Å². The van der Waals surface area contributed by atoms with Gasteiger partial charge in [-0.3, -0.25) is 5.41 Å². The molecule has 2 aromatic carbocycles. The Morgan fingerprint density at radius 3 is 2.38 bits per heavy atom. The van der Waals surface area contributed by atoms with Gasteiger partial charge in [0.2, 0.25) is 10.0 Å². The Morgan fingerprint density at radius 2 is 1.75 bits per heavy atom. The number of sulfonamides is 1. The van der Waals surface area contributed by atoms with Crippen molar-refractivity contribution < 1.29 is 16.8 Å². The molecule has 2 heterocycles. The third kappa shape index (κ3) is 3.72. The van der Waals surface area contributed by atoms with E-state index in [1.54, 1.807) is 18.2 Å². The molecule has 0 spiro atoms. The second kappa shape index (κ2) is 7.85. The van der Waals surface area contributed by atoms with E-state index in [1.165, 1.54) is 12.1 Å². The number of imidazole rings is 1. The number of hydrogen-bond donors (Lipinski definition) is 6. The van der Waals surface area contributed by atoms with Gasteiger partial charge in [0, 0.05) is 11.1 Å². The molecule has 4 rings (SSSR count). The summed E-state index contributed by atoms with van der Waals surface area (Å²) in [7, 11) is -8.64. The maximum absolute atomic E-state index is 13.4. The number of sulfone groups is 1. The van der Waals surface area contributed by atoms with Crippen LogP contribution in [-0.2, 0) is 19.9 Å². The third-order valence-electron chi connectivity index (χ3n) is 5.53. The lowest BCUT2D eigenvalue weighted by atomic mass is 9.97. The van der Waals surface area contributed by atoms with E-state index in [1.807, 2.05) is 0 Å². The number of aromatic nitrogens is 2. The Labute approximate surface area is 184 Å². The lowest BCUT2D eigenvalue weighted by Gasteiger charge is -2.25. The highest BCUT2D eigenvalue weighted by atomic mass is 32.2. The van der Waals surface area contributed by atoms with Crippen molar-refractivity contribution in [1.82, 2.24) is 15.3 Å². The molecule has 0 aliphatic carbocycles. The highest BCUT2D eigenvalue weighted by molar-refractivity contribution is 7.94. The number of nitrogens with zero attached hydrogens (tertiary/aromatic N) is 1. The van der Waals surface area contributed by atoms with Gasteiger partial charge in [-0.05, 0) is 43.6 Å². The summed E-state index contributed by atoms with van der Waals surface area (Å²) < 4.78 is 52.1. The van der Waals surface area contributed by atoms with Gasteiger partial charge in [-0.2, -0.15) is 0 Å². The van der Waals surface area contributed by atoms with Crippen molar-refractivity contribution in [2.45, 2.75) is 27.9 Å². The summed E-state index contributed by atoms with van der Waals surface area (Å²) in [5, 5.41) is 15.9. The molecular formula is C19H23N7O4S2. The van der Waals surface area contributed by atoms with Crippen LogP contribution in [0.3, 0.4) is 0 Å². The maximum Gasteiger partial charge on any atom is 0.240 e. The molecular weight excluding hydrogens is 454 g/mol. The van der Waals surface area contributed by atoms with Gasteiger partial charge in [0.25, 0.3) is 0 Å². The maximum atomic E-state index is 13.4. The molecule has 1 aliphatic heterocycles. The van der Waals surface area contributed by atoms with Crippen LogP contribution < -0.4 is 21.9 Å². The van der Waals surface area contributed by atoms with Gasteiger partial charge in [0.1, 0.15) is 10.7 Å². The average molecular weight is 478 g/mol. The highest BCUT2D eigenvalue weighted by Gasteiger charge is 2.36. The van der Waals surface area contributed by atoms with E-state index in [4.69, 9.17) is 22.0 Å². The number of fused-ring (bicyclic) bond motifs is 1. The summed E-state index contributed by atoms with van der Waals surface area (Å²) in [6.45, 7) is 0.990. The number of anilines is 1. The highest BCUT2D eigenvalue weighted by Crippen LogP contribution is 2.37. The van der Waals surface area contributed by atoms with Crippen molar-refractivity contribution in [1.29, 1.82) is 5.41 Å². The number of piperidine rings is 1.